The number of hydrogen-bond donors (Lipinski definition) is 1. The van der Waals surface area contributed by atoms with Crippen molar-refractivity contribution in [1.29, 1.82) is 0 Å². The van der Waals surface area contributed by atoms with E-state index in [9.17, 15) is 14.4 Å². The Balaban J connectivity index is 1.44. The van der Waals surface area contributed by atoms with Crippen LogP contribution in [-0.4, -0.2) is 37.7 Å². The lowest BCUT2D eigenvalue weighted by molar-refractivity contribution is -0.122. The molecule has 1 fully saturated rings. The van der Waals surface area contributed by atoms with Gasteiger partial charge in [0.1, 0.15) is 22.9 Å². The highest BCUT2D eigenvalue weighted by molar-refractivity contribution is 9.10. The van der Waals surface area contributed by atoms with Crippen molar-refractivity contribution < 1.29 is 9.59 Å². The molecule has 1 aromatic carbocycles. The van der Waals surface area contributed by atoms with Crippen LogP contribution in [0.2, 0.25) is 0 Å². The number of benzene rings is 1. The second kappa shape index (κ2) is 7.78. The van der Waals surface area contributed by atoms with Crippen LogP contribution in [0, 0.1) is 0 Å². The number of aromatic nitrogens is 4. The average molecular weight is 459 g/mol. The molecule has 29 heavy (non-hydrogen) atoms. The predicted molar refractivity (Wildman–Crippen MR) is 110 cm³/mol. The number of nitrogens with one attached hydrogen (secondary N) is 1. The van der Waals surface area contributed by atoms with E-state index in [-0.39, 0.29) is 23.9 Å². The van der Waals surface area contributed by atoms with E-state index >= 15 is 0 Å². The van der Waals surface area contributed by atoms with Gasteiger partial charge in [-0.1, -0.05) is 12.1 Å². The lowest BCUT2D eigenvalue weighted by Crippen LogP contribution is -2.32. The fourth-order valence-corrected chi connectivity index (χ4v) is 4.00. The molecule has 1 aliphatic heterocycles. The lowest BCUT2D eigenvalue weighted by Gasteiger charge is -2.16. The summed E-state index contributed by atoms with van der Waals surface area (Å²) in [4.78, 5) is 42.9. The summed E-state index contributed by atoms with van der Waals surface area (Å²) in [6.45, 7) is 0.875. The third kappa shape index (κ3) is 3.80. The Kier molecular flexibility index (Phi) is 5.18. The molecule has 0 spiro atoms. The Morgan fingerprint density at radius 2 is 2.14 bits per heavy atom. The maximum atomic E-state index is 12.6. The fourth-order valence-electron chi connectivity index (χ4n) is 3.41. The van der Waals surface area contributed by atoms with Crippen LogP contribution >= 0.6 is 15.9 Å². The molecule has 4 rings (SSSR count). The van der Waals surface area contributed by atoms with Crippen molar-refractivity contribution in [2.24, 2.45) is 7.05 Å². The topological polar surface area (TPSA) is 102 Å². The second-order valence-corrected chi connectivity index (χ2v) is 7.64. The number of halogens is 1. The molecule has 1 N–H and O–H groups in total. The van der Waals surface area contributed by atoms with Gasteiger partial charge in [0.15, 0.2) is 5.65 Å². The number of aryl methyl sites for hydroxylation is 1. The molecule has 3 aromatic rings. The number of hydrogen-bond acceptors (Lipinski definition) is 5. The summed E-state index contributed by atoms with van der Waals surface area (Å²) in [5, 5.41) is 7.27. The minimum atomic E-state index is -0.334. The maximum absolute atomic E-state index is 12.6. The summed E-state index contributed by atoms with van der Waals surface area (Å²) in [7, 11) is 1.69. The van der Waals surface area contributed by atoms with Crippen LogP contribution in [0.5, 0.6) is 0 Å². The van der Waals surface area contributed by atoms with E-state index in [2.05, 4.69) is 31.3 Å². The van der Waals surface area contributed by atoms with Gasteiger partial charge >= 0.3 is 0 Å². The first-order valence-electron chi connectivity index (χ1n) is 9.17. The minimum Gasteiger partial charge on any atom is -0.350 e. The standard InChI is InChI=1S/C19H19BrN6O3/c1-24-18-16(17(20)23-24)19(29)25(11-22-18)10-14(27)21-9-12-4-2-5-13(8-12)26-7-3-6-15(26)28/h2,4-5,8,11H,3,6-7,9-10H2,1H3,(H,21,27). The van der Waals surface area contributed by atoms with Gasteiger partial charge in [0, 0.05) is 32.2 Å². The van der Waals surface area contributed by atoms with Crippen molar-refractivity contribution >= 4 is 44.5 Å². The fraction of sp³-hybridized carbons (Fsp3) is 0.316. The molecule has 150 valence electrons. The molecule has 3 heterocycles. The molecule has 1 aliphatic rings. The summed E-state index contributed by atoms with van der Waals surface area (Å²) in [5.74, 6) is -0.189. The Bertz CT molecular complexity index is 1170. The third-order valence-corrected chi connectivity index (χ3v) is 5.42. The van der Waals surface area contributed by atoms with Gasteiger partial charge in [-0.05, 0) is 40.0 Å². The summed E-state index contributed by atoms with van der Waals surface area (Å²) < 4.78 is 3.16. The minimum absolute atomic E-state index is 0.120. The van der Waals surface area contributed by atoms with Gasteiger partial charge in [-0.15, -0.1) is 0 Å². The van der Waals surface area contributed by atoms with E-state index in [0.717, 1.165) is 24.2 Å². The molecule has 2 amide bonds. The normalized spacial score (nSPS) is 14.0. The first-order valence-corrected chi connectivity index (χ1v) is 9.97. The van der Waals surface area contributed by atoms with E-state index < -0.39 is 0 Å². The predicted octanol–water partition coefficient (Wildman–Crippen LogP) is 1.34. The number of carbonyl (C=O) groups excluding carboxylic acids is 2. The third-order valence-electron chi connectivity index (χ3n) is 4.87. The quantitative estimate of drug-likeness (QED) is 0.621. The number of nitrogens with zero attached hydrogens (tertiary/aromatic N) is 5. The van der Waals surface area contributed by atoms with E-state index in [0.29, 0.717) is 28.6 Å². The highest BCUT2D eigenvalue weighted by Crippen LogP contribution is 2.22. The summed E-state index contributed by atoms with van der Waals surface area (Å²) in [6.07, 6.45) is 2.78. The van der Waals surface area contributed by atoms with Gasteiger partial charge in [-0.2, -0.15) is 5.10 Å². The van der Waals surface area contributed by atoms with E-state index in [1.807, 2.05) is 24.3 Å². The number of anilines is 1. The van der Waals surface area contributed by atoms with Crippen LogP contribution < -0.4 is 15.8 Å². The molecule has 2 aromatic heterocycles. The molecular weight excluding hydrogens is 440 g/mol. The molecule has 0 radical (unpaired) electrons. The molecule has 0 atom stereocenters. The van der Waals surface area contributed by atoms with Crippen molar-refractivity contribution in [3.63, 3.8) is 0 Å². The largest absolute Gasteiger partial charge is 0.350 e. The lowest BCUT2D eigenvalue weighted by atomic mass is 10.2. The zero-order valence-corrected chi connectivity index (χ0v) is 17.3. The smallest absolute Gasteiger partial charge is 0.266 e. The Labute approximate surface area is 174 Å². The van der Waals surface area contributed by atoms with Crippen LogP contribution in [0.25, 0.3) is 11.0 Å². The van der Waals surface area contributed by atoms with E-state index in [4.69, 9.17) is 0 Å². The van der Waals surface area contributed by atoms with Gasteiger partial charge in [-0.25, -0.2) is 9.67 Å². The Morgan fingerprint density at radius 3 is 2.90 bits per heavy atom. The number of fused-ring (bicyclic) bond motifs is 1. The first-order chi connectivity index (χ1) is 13.9. The molecule has 0 unspecified atom stereocenters. The molecule has 0 saturated carbocycles. The molecule has 1 saturated heterocycles. The van der Waals surface area contributed by atoms with Crippen LogP contribution in [0.15, 0.2) is 40.0 Å². The van der Waals surface area contributed by atoms with Gasteiger partial charge in [0.05, 0.1) is 0 Å². The summed E-state index contributed by atoms with van der Waals surface area (Å²) in [6, 6.07) is 7.54. The van der Waals surface area contributed by atoms with Crippen LogP contribution in [0.4, 0.5) is 5.69 Å². The van der Waals surface area contributed by atoms with E-state index in [1.54, 1.807) is 11.9 Å². The first kappa shape index (κ1) is 19.3. The zero-order chi connectivity index (χ0) is 20.5. The van der Waals surface area contributed by atoms with Crippen molar-refractivity contribution in [2.45, 2.75) is 25.9 Å². The van der Waals surface area contributed by atoms with Gasteiger partial charge < -0.3 is 10.2 Å². The Hall–Kier alpha value is -3.01. The SMILES string of the molecule is Cn1nc(Br)c2c(=O)n(CC(=O)NCc3cccc(N4CCCC4=O)c3)cnc21. The second-order valence-electron chi connectivity index (χ2n) is 6.89. The van der Waals surface area contributed by atoms with Gasteiger partial charge in [-0.3, -0.25) is 19.0 Å². The molecule has 10 heteroatoms. The van der Waals surface area contributed by atoms with Gasteiger partial charge in [0.25, 0.3) is 5.56 Å². The van der Waals surface area contributed by atoms with Crippen LogP contribution in [0.3, 0.4) is 0 Å². The number of rotatable bonds is 5. The summed E-state index contributed by atoms with van der Waals surface area (Å²) >= 11 is 3.26. The van der Waals surface area contributed by atoms with Gasteiger partial charge in [0.2, 0.25) is 11.8 Å². The average Bonchev–Trinajstić information content (AvgIpc) is 3.25. The molecular formula is C19H19BrN6O3. The highest BCUT2D eigenvalue weighted by Gasteiger charge is 2.21. The van der Waals surface area contributed by atoms with Crippen LogP contribution in [0.1, 0.15) is 18.4 Å². The van der Waals surface area contributed by atoms with E-state index in [1.165, 1.54) is 15.6 Å². The van der Waals surface area contributed by atoms with Crippen molar-refractivity contribution in [3.8, 4) is 0 Å². The zero-order valence-electron chi connectivity index (χ0n) is 15.8. The van der Waals surface area contributed by atoms with Crippen molar-refractivity contribution in [2.75, 3.05) is 11.4 Å². The van der Waals surface area contributed by atoms with Crippen LogP contribution in [-0.2, 0) is 29.7 Å². The molecule has 9 nitrogen and oxygen atoms in total. The van der Waals surface area contributed by atoms with Crippen molar-refractivity contribution in [1.82, 2.24) is 24.6 Å². The summed E-state index contributed by atoms with van der Waals surface area (Å²) in [5.41, 5.74) is 1.84. The number of carbonyl (C=O) groups is 2. The monoisotopic (exact) mass is 458 g/mol. The molecule has 0 aliphatic carbocycles. The maximum Gasteiger partial charge on any atom is 0.266 e. The van der Waals surface area contributed by atoms with Crippen molar-refractivity contribution in [3.05, 3.63) is 51.1 Å². The molecule has 0 bridgehead atoms. The Morgan fingerprint density at radius 1 is 1.31 bits per heavy atom. The number of amides is 2. The highest BCUT2D eigenvalue weighted by atomic mass is 79.9.